The van der Waals surface area contributed by atoms with Crippen LogP contribution in [0.2, 0.25) is 0 Å². The minimum absolute atomic E-state index is 0.00156. The minimum Gasteiger partial charge on any atom is -0.480 e. The van der Waals surface area contributed by atoms with Gasteiger partial charge in [0.05, 0.1) is 7.11 Å². The zero-order chi connectivity index (χ0) is 17.2. The maximum absolute atomic E-state index is 14.1. The van der Waals surface area contributed by atoms with Crippen molar-refractivity contribution in [2.75, 3.05) is 27.0 Å². The lowest BCUT2D eigenvalue weighted by Crippen LogP contribution is -2.40. The van der Waals surface area contributed by atoms with Gasteiger partial charge in [0.15, 0.2) is 16.4 Å². The molecule has 0 bridgehead atoms. The summed E-state index contributed by atoms with van der Waals surface area (Å²) in [5, 5.41) is 8.83. The van der Waals surface area contributed by atoms with Gasteiger partial charge in [-0.25, -0.2) is 12.8 Å². The van der Waals surface area contributed by atoms with Crippen LogP contribution in [0.25, 0.3) is 0 Å². The van der Waals surface area contributed by atoms with E-state index in [1.165, 1.54) is 6.07 Å². The number of carbonyl (C=O) groups excluding carboxylic acids is 1. The molecular weight excluding hydrogens is 337 g/mol. The van der Waals surface area contributed by atoms with Gasteiger partial charge in [-0.2, -0.15) is 4.31 Å². The molecule has 0 radical (unpaired) electrons. The number of carbonyl (C=O) groups is 2. The van der Waals surface area contributed by atoms with Gasteiger partial charge in [-0.15, -0.1) is 0 Å². The topological polar surface area (TPSA) is 119 Å². The third-order valence-corrected chi connectivity index (χ3v) is 4.72. The van der Waals surface area contributed by atoms with E-state index >= 15 is 0 Å². The highest BCUT2D eigenvalue weighted by Gasteiger charge is 2.37. The zero-order valence-electron chi connectivity index (χ0n) is 11.8. The summed E-state index contributed by atoms with van der Waals surface area (Å²) in [6.45, 7) is -2.26. The van der Waals surface area contributed by atoms with Gasteiger partial charge in [-0.1, -0.05) is 0 Å². The summed E-state index contributed by atoms with van der Waals surface area (Å²) < 4.78 is 53.7. The van der Waals surface area contributed by atoms with E-state index in [4.69, 9.17) is 14.6 Å². The highest BCUT2D eigenvalue weighted by atomic mass is 32.2. The molecule has 1 aliphatic heterocycles. The Kier molecular flexibility index (Phi) is 4.71. The highest BCUT2D eigenvalue weighted by Crippen LogP contribution is 2.40. The molecule has 1 heterocycles. The molecule has 1 N–H and O–H groups in total. The monoisotopic (exact) mass is 349 g/mol. The Morgan fingerprint density at radius 1 is 1.35 bits per heavy atom. The predicted molar refractivity (Wildman–Crippen MR) is 70.9 cm³/mol. The van der Waals surface area contributed by atoms with Gasteiger partial charge in [0.2, 0.25) is 6.79 Å². The third-order valence-electron chi connectivity index (χ3n) is 2.89. The molecular formula is C12H12FNO8S. The molecule has 0 aromatic heterocycles. The van der Waals surface area contributed by atoms with Crippen molar-refractivity contribution in [2.45, 2.75) is 4.90 Å². The second kappa shape index (κ2) is 6.38. The molecule has 0 atom stereocenters. The Morgan fingerprint density at radius 3 is 2.65 bits per heavy atom. The first-order chi connectivity index (χ1) is 10.8. The van der Waals surface area contributed by atoms with E-state index in [1.807, 2.05) is 0 Å². The number of carboxylic acid groups (broad SMARTS) is 1. The van der Waals surface area contributed by atoms with E-state index < -0.39 is 45.8 Å². The standard InChI is InChI=1S/C12H12FNO8S/c1-20-10(17)5-14(4-9(15)16)23(18,19)12-7(13)2-3-8-11(12)22-6-21-8/h2-3H,4-6H2,1H3,(H,15,16). The molecule has 1 aromatic rings. The molecule has 0 saturated heterocycles. The highest BCUT2D eigenvalue weighted by molar-refractivity contribution is 7.89. The van der Waals surface area contributed by atoms with Gasteiger partial charge in [-0.05, 0) is 12.1 Å². The number of methoxy groups -OCH3 is 1. The predicted octanol–water partition coefficient (Wildman–Crippen LogP) is -0.197. The van der Waals surface area contributed by atoms with Crippen LogP contribution in [0.1, 0.15) is 0 Å². The first-order valence-corrected chi connectivity index (χ1v) is 7.58. The van der Waals surface area contributed by atoms with Crippen LogP contribution in [0.4, 0.5) is 4.39 Å². The number of aliphatic carboxylic acids is 1. The van der Waals surface area contributed by atoms with Crippen LogP contribution >= 0.6 is 0 Å². The average Bonchev–Trinajstić information content (AvgIpc) is 2.93. The molecule has 0 aliphatic carbocycles. The minimum atomic E-state index is -4.69. The lowest BCUT2D eigenvalue weighted by Gasteiger charge is -2.20. The van der Waals surface area contributed by atoms with Crippen molar-refractivity contribution >= 4 is 22.0 Å². The number of esters is 1. The normalized spacial score (nSPS) is 13.2. The second-order valence-electron chi connectivity index (χ2n) is 4.35. The van der Waals surface area contributed by atoms with Crippen LogP contribution in [0.5, 0.6) is 11.5 Å². The summed E-state index contributed by atoms with van der Waals surface area (Å²) in [6, 6.07) is 2.02. The smallest absolute Gasteiger partial charge is 0.321 e. The van der Waals surface area contributed by atoms with Gasteiger partial charge in [0.1, 0.15) is 18.9 Å². The van der Waals surface area contributed by atoms with Gasteiger partial charge < -0.3 is 19.3 Å². The fraction of sp³-hybridized carbons (Fsp3) is 0.333. The average molecular weight is 349 g/mol. The molecule has 0 fully saturated rings. The summed E-state index contributed by atoms with van der Waals surface area (Å²) in [5.74, 6) is -4.05. The Morgan fingerprint density at radius 2 is 2.04 bits per heavy atom. The van der Waals surface area contributed by atoms with Crippen LogP contribution in [0, 0.1) is 5.82 Å². The Labute approximate surface area is 130 Å². The number of hydrogen-bond donors (Lipinski definition) is 1. The van der Waals surface area contributed by atoms with Crippen molar-refractivity contribution in [2.24, 2.45) is 0 Å². The number of halogens is 1. The Balaban J connectivity index is 2.52. The maximum Gasteiger partial charge on any atom is 0.321 e. The number of fused-ring (bicyclic) bond motifs is 1. The van der Waals surface area contributed by atoms with E-state index in [9.17, 15) is 22.4 Å². The quantitative estimate of drug-likeness (QED) is 0.702. The molecule has 1 aliphatic rings. The maximum atomic E-state index is 14.1. The van der Waals surface area contributed by atoms with Gasteiger partial charge in [0, 0.05) is 0 Å². The van der Waals surface area contributed by atoms with Gasteiger partial charge in [0.25, 0.3) is 10.0 Å². The summed E-state index contributed by atoms with van der Waals surface area (Å²) in [6.07, 6.45) is 0. The van der Waals surface area contributed by atoms with E-state index in [1.54, 1.807) is 0 Å². The number of benzene rings is 1. The molecule has 11 heteroatoms. The summed E-state index contributed by atoms with van der Waals surface area (Å²) in [7, 11) is -3.68. The number of nitrogens with zero attached hydrogens (tertiary/aromatic N) is 1. The SMILES string of the molecule is COC(=O)CN(CC(=O)O)S(=O)(=O)c1c(F)ccc2c1OCO2. The van der Waals surface area contributed by atoms with Gasteiger partial charge in [-0.3, -0.25) is 9.59 Å². The van der Waals surface area contributed by atoms with E-state index in [0.29, 0.717) is 0 Å². The molecule has 0 saturated carbocycles. The number of ether oxygens (including phenoxy) is 3. The van der Waals surface area contributed by atoms with Crippen molar-refractivity contribution in [3.63, 3.8) is 0 Å². The molecule has 126 valence electrons. The second-order valence-corrected chi connectivity index (χ2v) is 6.23. The fourth-order valence-electron chi connectivity index (χ4n) is 1.88. The first kappa shape index (κ1) is 17.0. The van der Waals surface area contributed by atoms with Crippen LogP contribution < -0.4 is 9.47 Å². The molecule has 9 nitrogen and oxygen atoms in total. The first-order valence-electron chi connectivity index (χ1n) is 6.14. The molecule has 23 heavy (non-hydrogen) atoms. The van der Waals surface area contributed by atoms with Crippen molar-refractivity contribution in [3.05, 3.63) is 17.9 Å². The van der Waals surface area contributed by atoms with Crippen LogP contribution in [-0.4, -0.2) is 56.8 Å². The van der Waals surface area contributed by atoms with E-state index in [2.05, 4.69) is 4.74 Å². The number of carboxylic acids is 1. The molecule has 0 unspecified atom stereocenters. The summed E-state index contributed by atoms with van der Waals surface area (Å²) in [5.41, 5.74) is 0. The third kappa shape index (κ3) is 3.35. The van der Waals surface area contributed by atoms with Crippen LogP contribution in [0.3, 0.4) is 0 Å². The number of sulfonamides is 1. The van der Waals surface area contributed by atoms with E-state index in [0.717, 1.165) is 13.2 Å². The summed E-state index contributed by atoms with van der Waals surface area (Å²) in [4.78, 5) is 21.3. The van der Waals surface area contributed by atoms with Gasteiger partial charge >= 0.3 is 11.9 Å². The lowest BCUT2D eigenvalue weighted by molar-refractivity contribution is -0.142. The molecule has 2 rings (SSSR count). The lowest BCUT2D eigenvalue weighted by atomic mass is 10.3. The number of hydrogen-bond acceptors (Lipinski definition) is 7. The Bertz CT molecular complexity index is 748. The van der Waals surface area contributed by atoms with Crippen molar-refractivity contribution in [1.82, 2.24) is 4.31 Å². The van der Waals surface area contributed by atoms with Crippen molar-refractivity contribution < 1.29 is 41.7 Å². The zero-order valence-corrected chi connectivity index (χ0v) is 12.6. The van der Waals surface area contributed by atoms with Crippen molar-refractivity contribution in [3.8, 4) is 11.5 Å². The largest absolute Gasteiger partial charge is 0.480 e. The summed E-state index contributed by atoms with van der Waals surface area (Å²) >= 11 is 0. The molecule has 1 aromatic carbocycles. The van der Waals surface area contributed by atoms with Crippen LogP contribution in [-0.2, 0) is 24.3 Å². The van der Waals surface area contributed by atoms with Crippen LogP contribution in [0.15, 0.2) is 17.0 Å². The molecule has 0 amide bonds. The Hall–Kier alpha value is -2.40. The van der Waals surface area contributed by atoms with Crippen molar-refractivity contribution in [1.29, 1.82) is 0 Å². The number of rotatable bonds is 6. The van der Waals surface area contributed by atoms with E-state index in [-0.39, 0.29) is 22.6 Å². The fourth-order valence-corrected chi connectivity index (χ4v) is 3.40. The molecule has 0 spiro atoms.